The number of hydrogen-bond acceptors (Lipinski definition) is 6. The summed E-state index contributed by atoms with van der Waals surface area (Å²) in [6.07, 6.45) is 1.96. The summed E-state index contributed by atoms with van der Waals surface area (Å²) >= 11 is 0. The van der Waals surface area contributed by atoms with E-state index in [1.165, 1.54) is 0 Å². The first-order valence-electron chi connectivity index (χ1n) is 8.42. The van der Waals surface area contributed by atoms with Crippen LogP contribution >= 0.6 is 0 Å². The maximum absolute atomic E-state index is 10.1. The van der Waals surface area contributed by atoms with Crippen molar-refractivity contribution in [1.29, 1.82) is 0 Å². The Balaban J connectivity index is 1.57. The van der Waals surface area contributed by atoms with E-state index in [1.807, 2.05) is 49.4 Å². The number of rotatable bonds is 4. The molecule has 0 aliphatic carbocycles. The molecule has 2 aromatic heterocycles. The molecule has 0 bridgehead atoms. The van der Waals surface area contributed by atoms with Gasteiger partial charge >= 0.3 is 0 Å². The number of aliphatic hydroxyl groups is 1. The van der Waals surface area contributed by atoms with Gasteiger partial charge in [0, 0.05) is 24.8 Å². The Morgan fingerprint density at radius 2 is 2.16 bits per heavy atom. The predicted molar refractivity (Wildman–Crippen MR) is 92.5 cm³/mol. The van der Waals surface area contributed by atoms with E-state index in [4.69, 9.17) is 4.52 Å². The Kier molecular flexibility index (Phi) is 4.29. The Bertz CT molecular complexity index is 849. The molecule has 25 heavy (non-hydrogen) atoms. The van der Waals surface area contributed by atoms with Crippen molar-refractivity contribution in [2.75, 3.05) is 6.54 Å². The number of hydrogen-bond donors (Lipinski definition) is 1. The predicted octanol–water partition coefficient (Wildman–Crippen LogP) is 2.75. The van der Waals surface area contributed by atoms with E-state index in [9.17, 15) is 5.11 Å². The quantitative estimate of drug-likeness (QED) is 0.789. The fourth-order valence-electron chi connectivity index (χ4n) is 3.28. The van der Waals surface area contributed by atoms with Crippen LogP contribution in [-0.2, 0) is 6.54 Å². The highest BCUT2D eigenvalue weighted by atomic mass is 16.5. The molecule has 2 unspecified atom stereocenters. The van der Waals surface area contributed by atoms with Crippen molar-refractivity contribution >= 4 is 0 Å². The molecule has 3 heterocycles. The molecular formula is C19H20N4O2. The van der Waals surface area contributed by atoms with Crippen molar-refractivity contribution in [1.82, 2.24) is 20.0 Å². The summed E-state index contributed by atoms with van der Waals surface area (Å²) in [7, 11) is 0. The smallest absolute Gasteiger partial charge is 0.244 e. The molecule has 3 aromatic rings. The van der Waals surface area contributed by atoms with Crippen LogP contribution in [0, 0.1) is 6.92 Å². The standard InChI is InChI=1S/C19H20N4O2/c1-13-5-4-6-14(9-13)18-21-19(25-22-18)17-10-16(24)12-23(17)11-15-7-2-3-8-20-15/h2-9,16-17,24H,10-12H2,1H3. The molecule has 0 spiro atoms. The van der Waals surface area contributed by atoms with Gasteiger partial charge in [0.2, 0.25) is 11.7 Å². The van der Waals surface area contributed by atoms with Gasteiger partial charge in [0.05, 0.1) is 17.8 Å². The van der Waals surface area contributed by atoms with Crippen molar-refractivity contribution in [2.24, 2.45) is 0 Å². The fourth-order valence-corrected chi connectivity index (χ4v) is 3.28. The first-order chi connectivity index (χ1) is 12.2. The summed E-state index contributed by atoms with van der Waals surface area (Å²) in [5.41, 5.74) is 3.04. The van der Waals surface area contributed by atoms with Gasteiger partial charge in [-0.1, -0.05) is 35.0 Å². The van der Waals surface area contributed by atoms with E-state index in [0.717, 1.165) is 16.8 Å². The van der Waals surface area contributed by atoms with Crippen LogP contribution in [0.25, 0.3) is 11.4 Å². The topological polar surface area (TPSA) is 75.3 Å². The van der Waals surface area contributed by atoms with Crippen molar-refractivity contribution in [3.8, 4) is 11.4 Å². The average molecular weight is 336 g/mol. The van der Waals surface area contributed by atoms with Crippen molar-refractivity contribution < 1.29 is 9.63 Å². The number of nitrogens with zero attached hydrogens (tertiary/aromatic N) is 4. The van der Waals surface area contributed by atoms with Crippen molar-refractivity contribution in [3.63, 3.8) is 0 Å². The lowest BCUT2D eigenvalue weighted by Gasteiger charge is -2.20. The van der Waals surface area contributed by atoms with E-state index in [2.05, 4.69) is 20.0 Å². The van der Waals surface area contributed by atoms with Gasteiger partial charge in [-0.2, -0.15) is 4.98 Å². The highest BCUT2D eigenvalue weighted by Crippen LogP contribution is 2.33. The lowest BCUT2D eigenvalue weighted by molar-refractivity contribution is 0.168. The van der Waals surface area contributed by atoms with Crippen LogP contribution in [0.2, 0.25) is 0 Å². The normalized spacial score (nSPS) is 20.9. The zero-order valence-corrected chi connectivity index (χ0v) is 14.0. The van der Waals surface area contributed by atoms with Gasteiger partial charge in [0.1, 0.15) is 0 Å². The second kappa shape index (κ2) is 6.74. The number of likely N-dealkylation sites (tertiary alicyclic amines) is 1. The number of benzene rings is 1. The second-order valence-electron chi connectivity index (χ2n) is 6.48. The Hall–Kier alpha value is -2.57. The van der Waals surface area contributed by atoms with Gasteiger partial charge in [-0.15, -0.1) is 0 Å². The first-order valence-corrected chi connectivity index (χ1v) is 8.42. The molecule has 0 radical (unpaired) electrons. The maximum Gasteiger partial charge on any atom is 0.244 e. The Morgan fingerprint density at radius 3 is 2.96 bits per heavy atom. The molecule has 1 aliphatic rings. The van der Waals surface area contributed by atoms with Crippen molar-refractivity contribution in [3.05, 3.63) is 65.8 Å². The van der Waals surface area contributed by atoms with Crippen LogP contribution in [0.4, 0.5) is 0 Å². The lowest BCUT2D eigenvalue weighted by atomic mass is 10.1. The van der Waals surface area contributed by atoms with Crippen LogP contribution in [0.3, 0.4) is 0 Å². The third kappa shape index (κ3) is 3.45. The van der Waals surface area contributed by atoms with Gasteiger partial charge in [-0.05, 0) is 31.5 Å². The minimum Gasteiger partial charge on any atom is -0.392 e. The van der Waals surface area contributed by atoms with E-state index in [-0.39, 0.29) is 6.04 Å². The SMILES string of the molecule is Cc1cccc(-c2noc(C3CC(O)CN3Cc3ccccn3)n2)c1. The Labute approximate surface area is 146 Å². The summed E-state index contributed by atoms with van der Waals surface area (Å²) in [6.45, 7) is 3.25. The molecule has 1 aliphatic heterocycles. The molecule has 0 saturated carbocycles. The largest absolute Gasteiger partial charge is 0.392 e. The highest BCUT2D eigenvalue weighted by Gasteiger charge is 2.36. The molecule has 1 aromatic carbocycles. The molecule has 1 saturated heterocycles. The van der Waals surface area contributed by atoms with Gasteiger partial charge in [-0.25, -0.2) is 0 Å². The van der Waals surface area contributed by atoms with Gasteiger partial charge < -0.3 is 9.63 Å². The number of aryl methyl sites for hydroxylation is 1. The summed E-state index contributed by atoms with van der Waals surface area (Å²) in [5, 5.41) is 14.2. The number of pyridine rings is 1. The van der Waals surface area contributed by atoms with Crippen LogP contribution in [0.1, 0.15) is 29.6 Å². The lowest BCUT2D eigenvalue weighted by Crippen LogP contribution is -2.25. The van der Waals surface area contributed by atoms with E-state index >= 15 is 0 Å². The monoisotopic (exact) mass is 336 g/mol. The second-order valence-corrected chi connectivity index (χ2v) is 6.48. The number of β-amino-alcohol motifs (C(OH)–C–C–N with tert-alkyl or cyclic N) is 1. The zero-order valence-electron chi connectivity index (χ0n) is 14.0. The molecule has 128 valence electrons. The minimum absolute atomic E-state index is 0.0944. The van der Waals surface area contributed by atoms with Crippen molar-refractivity contribution in [2.45, 2.75) is 32.0 Å². The van der Waals surface area contributed by atoms with Crippen LogP contribution < -0.4 is 0 Å². The Morgan fingerprint density at radius 1 is 1.24 bits per heavy atom. The zero-order chi connectivity index (χ0) is 17.2. The molecular weight excluding hydrogens is 316 g/mol. The molecule has 1 fully saturated rings. The molecule has 4 rings (SSSR count). The third-order valence-corrected chi connectivity index (χ3v) is 4.48. The minimum atomic E-state index is -0.400. The number of aliphatic hydroxyl groups excluding tert-OH is 1. The van der Waals surface area contributed by atoms with Gasteiger partial charge in [0.25, 0.3) is 0 Å². The van der Waals surface area contributed by atoms with Gasteiger partial charge in [-0.3, -0.25) is 9.88 Å². The summed E-state index contributed by atoms with van der Waals surface area (Å²) in [5.74, 6) is 1.13. The molecule has 0 amide bonds. The van der Waals surface area contributed by atoms with Crippen LogP contribution in [0.5, 0.6) is 0 Å². The summed E-state index contributed by atoms with van der Waals surface area (Å²) < 4.78 is 5.52. The van der Waals surface area contributed by atoms with Gasteiger partial charge in [0.15, 0.2) is 0 Å². The van der Waals surface area contributed by atoms with Crippen LogP contribution in [0.15, 0.2) is 53.2 Å². The molecule has 6 nitrogen and oxygen atoms in total. The van der Waals surface area contributed by atoms with E-state index in [0.29, 0.717) is 31.2 Å². The van der Waals surface area contributed by atoms with E-state index < -0.39 is 6.10 Å². The molecule has 6 heteroatoms. The summed E-state index contributed by atoms with van der Waals surface area (Å²) in [6, 6.07) is 13.8. The third-order valence-electron chi connectivity index (χ3n) is 4.48. The average Bonchev–Trinajstić information content (AvgIpc) is 3.22. The van der Waals surface area contributed by atoms with E-state index in [1.54, 1.807) is 6.20 Å². The first kappa shape index (κ1) is 15.9. The highest BCUT2D eigenvalue weighted by molar-refractivity contribution is 5.55. The maximum atomic E-state index is 10.1. The summed E-state index contributed by atoms with van der Waals surface area (Å²) in [4.78, 5) is 11.1. The van der Waals surface area contributed by atoms with Crippen LogP contribution in [-0.4, -0.2) is 37.8 Å². The molecule has 2 atom stereocenters. The number of aromatic nitrogens is 3. The fraction of sp³-hybridized carbons (Fsp3) is 0.316. The molecule has 1 N–H and O–H groups in total.